The number of hydrogen-bond acceptors (Lipinski definition) is 1. The fourth-order valence-electron chi connectivity index (χ4n) is 0.463. The van der Waals surface area contributed by atoms with Gasteiger partial charge in [-0.3, -0.25) is 0 Å². The van der Waals surface area contributed by atoms with Crippen LogP contribution < -0.4 is 5.32 Å². The molecule has 6 heavy (non-hydrogen) atoms. The number of hydrogen-bond donors (Lipinski definition) is 1. The van der Waals surface area contributed by atoms with Crippen molar-refractivity contribution < 1.29 is 0 Å². The zero-order valence-corrected chi connectivity index (χ0v) is 4.13. The van der Waals surface area contributed by atoms with Crippen LogP contribution >= 0.6 is 11.6 Å². The van der Waals surface area contributed by atoms with Gasteiger partial charge < -0.3 is 5.32 Å². The molecule has 0 spiro atoms. The van der Waals surface area contributed by atoms with E-state index in [1.807, 2.05) is 6.08 Å². The average molecular weight is 104 g/mol. The van der Waals surface area contributed by atoms with Crippen molar-refractivity contribution in [3.05, 3.63) is 11.2 Å². The smallest absolute Gasteiger partial charge is 0.0978 e. The summed E-state index contributed by atoms with van der Waals surface area (Å²) in [7, 11) is 0. The summed E-state index contributed by atoms with van der Waals surface area (Å²) in [6, 6.07) is 0. The lowest BCUT2D eigenvalue weighted by atomic mass is 10.5. The molecule has 0 saturated heterocycles. The third-order valence-electron chi connectivity index (χ3n) is 0.762. The van der Waals surface area contributed by atoms with Gasteiger partial charge in [0.2, 0.25) is 0 Å². The Hall–Kier alpha value is -0.170. The van der Waals surface area contributed by atoms with Crippen LogP contribution in [-0.2, 0) is 0 Å². The first-order chi connectivity index (χ1) is 2.89. The summed E-state index contributed by atoms with van der Waals surface area (Å²) in [5, 5.41) is 3.75. The zero-order valence-electron chi connectivity index (χ0n) is 3.37. The highest BCUT2D eigenvalue weighted by molar-refractivity contribution is 6.29. The fraction of sp³-hybridized carbons (Fsp3) is 0.500. The van der Waals surface area contributed by atoms with Gasteiger partial charge in [0.1, 0.15) is 0 Å². The molecule has 2 heteroatoms. The van der Waals surface area contributed by atoms with Crippen LogP contribution in [0.1, 0.15) is 6.42 Å². The summed E-state index contributed by atoms with van der Waals surface area (Å²) in [5.41, 5.74) is 0. The van der Waals surface area contributed by atoms with Crippen LogP contribution in [0.25, 0.3) is 0 Å². The Labute approximate surface area is 42.0 Å². The molecule has 0 aromatic rings. The summed E-state index contributed by atoms with van der Waals surface area (Å²) in [4.78, 5) is 0. The van der Waals surface area contributed by atoms with E-state index in [-0.39, 0.29) is 0 Å². The van der Waals surface area contributed by atoms with E-state index in [9.17, 15) is 0 Å². The van der Waals surface area contributed by atoms with E-state index >= 15 is 0 Å². The number of halogens is 1. The summed E-state index contributed by atoms with van der Waals surface area (Å²) < 4.78 is 0. The van der Waals surface area contributed by atoms with Gasteiger partial charge in [0.15, 0.2) is 0 Å². The van der Waals surface area contributed by atoms with Crippen molar-refractivity contribution in [3.8, 4) is 0 Å². The Bertz CT molecular complexity index is 77.6. The van der Waals surface area contributed by atoms with Crippen molar-refractivity contribution >= 4 is 11.6 Å². The summed E-state index contributed by atoms with van der Waals surface area (Å²) in [6.07, 6.45) is 3.06. The second-order valence-electron chi connectivity index (χ2n) is 1.27. The first kappa shape index (κ1) is 4.00. The second-order valence-corrected chi connectivity index (χ2v) is 1.67. The molecule has 34 valence electrons. The molecular weight excluding hydrogens is 97.5 g/mol. The van der Waals surface area contributed by atoms with Gasteiger partial charge in [-0.05, 0) is 12.5 Å². The van der Waals surface area contributed by atoms with Crippen molar-refractivity contribution in [1.82, 2.24) is 5.32 Å². The minimum Gasteiger partial charge on any atom is -0.376 e. The summed E-state index contributed by atoms with van der Waals surface area (Å²) in [6.45, 7) is 1.01. The van der Waals surface area contributed by atoms with Crippen molar-refractivity contribution in [3.63, 3.8) is 0 Å². The Kier molecular flexibility index (Phi) is 1.01. The molecule has 1 aliphatic rings. The Morgan fingerprint density at radius 3 is 2.83 bits per heavy atom. The molecule has 0 saturated carbocycles. The number of rotatable bonds is 0. The predicted molar refractivity (Wildman–Crippen MR) is 26.6 cm³/mol. The fourth-order valence-corrected chi connectivity index (χ4v) is 0.666. The van der Waals surface area contributed by atoms with Gasteiger partial charge in [-0.15, -0.1) is 0 Å². The van der Waals surface area contributed by atoms with Crippen molar-refractivity contribution in [2.75, 3.05) is 6.54 Å². The van der Waals surface area contributed by atoms with E-state index in [0.717, 1.165) is 18.1 Å². The molecular formula is C4H6ClN. The largest absolute Gasteiger partial charge is 0.376 e. The monoisotopic (exact) mass is 103 g/mol. The molecule has 1 aliphatic heterocycles. The standard InChI is InChI=1S/C4H6ClN/c5-4-2-1-3-6-4/h2,6H,1,3H2. The van der Waals surface area contributed by atoms with E-state index in [4.69, 9.17) is 11.6 Å². The molecule has 0 fully saturated rings. The molecule has 1 heterocycles. The summed E-state index contributed by atoms with van der Waals surface area (Å²) >= 11 is 5.46. The predicted octanol–water partition coefficient (Wildman–Crippen LogP) is 1.06. The van der Waals surface area contributed by atoms with Crippen LogP contribution in [0.2, 0.25) is 0 Å². The summed E-state index contributed by atoms with van der Waals surface area (Å²) in [5.74, 6) is 0. The van der Waals surface area contributed by atoms with E-state index in [1.165, 1.54) is 0 Å². The first-order valence-corrected chi connectivity index (χ1v) is 2.37. The molecule has 0 atom stereocenters. The quantitative estimate of drug-likeness (QED) is 0.452. The van der Waals surface area contributed by atoms with Gasteiger partial charge in [-0.1, -0.05) is 11.6 Å². The van der Waals surface area contributed by atoms with E-state index in [0.29, 0.717) is 0 Å². The Balaban J connectivity index is 2.45. The molecule has 0 aliphatic carbocycles. The lowest BCUT2D eigenvalue weighted by Gasteiger charge is -1.86. The molecule has 0 aromatic heterocycles. The molecule has 1 nitrogen and oxygen atoms in total. The van der Waals surface area contributed by atoms with E-state index < -0.39 is 0 Å². The topological polar surface area (TPSA) is 12.0 Å². The highest BCUT2D eigenvalue weighted by Gasteiger charge is 1.94. The van der Waals surface area contributed by atoms with Gasteiger partial charge in [0, 0.05) is 6.54 Å². The van der Waals surface area contributed by atoms with Crippen molar-refractivity contribution in [2.24, 2.45) is 0 Å². The van der Waals surface area contributed by atoms with Crippen LogP contribution in [0.4, 0.5) is 0 Å². The average Bonchev–Trinajstić information content (AvgIpc) is 1.86. The van der Waals surface area contributed by atoms with Gasteiger partial charge in [-0.25, -0.2) is 0 Å². The Morgan fingerprint density at radius 2 is 2.67 bits per heavy atom. The number of nitrogens with one attached hydrogen (secondary N) is 1. The van der Waals surface area contributed by atoms with E-state index in [1.54, 1.807) is 0 Å². The molecule has 1 rings (SSSR count). The maximum Gasteiger partial charge on any atom is 0.0978 e. The van der Waals surface area contributed by atoms with Crippen molar-refractivity contribution in [1.29, 1.82) is 0 Å². The maximum absolute atomic E-state index is 5.46. The normalized spacial score (nSPS) is 19.8. The highest BCUT2D eigenvalue weighted by Crippen LogP contribution is 2.03. The molecule has 1 N–H and O–H groups in total. The van der Waals surface area contributed by atoms with Gasteiger partial charge in [-0.2, -0.15) is 0 Å². The minimum atomic E-state index is 0.801. The third kappa shape index (κ3) is 0.658. The molecule has 0 unspecified atom stereocenters. The van der Waals surface area contributed by atoms with Gasteiger partial charge in [0.25, 0.3) is 0 Å². The third-order valence-corrected chi connectivity index (χ3v) is 1.05. The minimum absolute atomic E-state index is 0.801. The lowest BCUT2D eigenvalue weighted by Crippen LogP contribution is -2.01. The first-order valence-electron chi connectivity index (χ1n) is 1.99. The molecule has 0 amide bonds. The van der Waals surface area contributed by atoms with Crippen LogP contribution in [0, 0.1) is 0 Å². The molecule has 0 aromatic carbocycles. The van der Waals surface area contributed by atoms with Gasteiger partial charge >= 0.3 is 0 Å². The van der Waals surface area contributed by atoms with E-state index in [2.05, 4.69) is 5.32 Å². The van der Waals surface area contributed by atoms with Gasteiger partial charge in [0.05, 0.1) is 5.16 Å². The molecule has 0 radical (unpaired) electrons. The second kappa shape index (κ2) is 1.52. The van der Waals surface area contributed by atoms with Crippen molar-refractivity contribution in [2.45, 2.75) is 6.42 Å². The lowest BCUT2D eigenvalue weighted by molar-refractivity contribution is 0.906. The van der Waals surface area contributed by atoms with Crippen LogP contribution in [0.5, 0.6) is 0 Å². The maximum atomic E-state index is 5.46. The van der Waals surface area contributed by atoms with Crippen LogP contribution in [0.15, 0.2) is 11.2 Å². The zero-order chi connectivity index (χ0) is 4.41. The van der Waals surface area contributed by atoms with Crippen LogP contribution in [0.3, 0.4) is 0 Å². The van der Waals surface area contributed by atoms with Crippen LogP contribution in [-0.4, -0.2) is 6.54 Å². The highest BCUT2D eigenvalue weighted by atomic mass is 35.5. The molecule has 0 bridgehead atoms. The Morgan fingerprint density at radius 1 is 1.83 bits per heavy atom. The SMILES string of the molecule is ClC1=CCCN1.